The monoisotopic (exact) mass is 273 g/mol. The van der Waals surface area contributed by atoms with Crippen molar-refractivity contribution in [1.29, 1.82) is 0 Å². The fourth-order valence-electron chi connectivity index (χ4n) is 2.49. The molecule has 3 rings (SSSR count). The Labute approximate surface area is 118 Å². The normalized spacial score (nSPS) is 23.2. The molecule has 1 saturated carbocycles. The molecule has 1 amide bonds. The van der Waals surface area contributed by atoms with E-state index >= 15 is 0 Å². The van der Waals surface area contributed by atoms with Gasteiger partial charge in [0.15, 0.2) is 0 Å². The summed E-state index contributed by atoms with van der Waals surface area (Å²) in [6, 6.07) is 10.3. The predicted molar refractivity (Wildman–Crippen MR) is 76.0 cm³/mol. The third kappa shape index (κ3) is 2.92. The van der Waals surface area contributed by atoms with Crippen LogP contribution in [0, 0.1) is 0 Å². The van der Waals surface area contributed by atoms with Gasteiger partial charge in [0.25, 0.3) is 5.91 Å². The lowest BCUT2D eigenvalue weighted by atomic mass is 10.1. The molecule has 106 valence electrons. The molecule has 0 spiro atoms. The van der Waals surface area contributed by atoms with Crippen LogP contribution in [0.2, 0.25) is 0 Å². The maximum Gasteiger partial charge on any atom is 0.266 e. The highest BCUT2D eigenvalue weighted by molar-refractivity contribution is 5.84. The molecular weight excluding hydrogens is 254 g/mol. The molecule has 2 aliphatic rings. The molecule has 5 heteroatoms. The number of amidine groups is 1. The third-order valence-electron chi connectivity index (χ3n) is 3.70. The highest BCUT2D eigenvalue weighted by Gasteiger charge is 2.41. The maximum absolute atomic E-state index is 12.0. The minimum Gasteiger partial charge on any atom is -0.384 e. The van der Waals surface area contributed by atoms with E-state index in [0.29, 0.717) is 24.7 Å². The van der Waals surface area contributed by atoms with Crippen molar-refractivity contribution in [3.63, 3.8) is 0 Å². The first-order chi connectivity index (χ1) is 9.74. The van der Waals surface area contributed by atoms with Crippen molar-refractivity contribution in [3.05, 3.63) is 35.9 Å². The summed E-state index contributed by atoms with van der Waals surface area (Å²) >= 11 is 0. The van der Waals surface area contributed by atoms with Crippen LogP contribution >= 0.6 is 0 Å². The number of hydrogen-bond donors (Lipinski definition) is 1. The Hall–Kier alpha value is -2.04. The summed E-state index contributed by atoms with van der Waals surface area (Å²) in [6.45, 7) is 0.780. The molecular formula is C15H19N3O2. The molecule has 1 heterocycles. The van der Waals surface area contributed by atoms with E-state index < -0.39 is 6.10 Å². The molecule has 2 fully saturated rings. The zero-order chi connectivity index (χ0) is 13.9. The Morgan fingerprint density at radius 3 is 2.75 bits per heavy atom. The maximum atomic E-state index is 12.0. The number of rotatable bonds is 5. The molecule has 0 aromatic heterocycles. The number of oxime groups is 1. The van der Waals surface area contributed by atoms with Crippen LogP contribution in [0.15, 0.2) is 35.5 Å². The highest BCUT2D eigenvalue weighted by Crippen LogP contribution is 2.31. The molecule has 1 saturated heterocycles. The van der Waals surface area contributed by atoms with Crippen molar-refractivity contribution in [2.24, 2.45) is 10.9 Å². The van der Waals surface area contributed by atoms with E-state index in [9.17, 15) is 4.79 Å². The number of carbonyl (C=O) groups excluding carboxylic acids is 1. The minimum atomic E-state index is -0.454. The molecule has 20 heavy (non-hydrogen) atoms. The average Bonchev–Trinajstić information content (AvgIpc) is 3.22. The summed E-state index contributed by atoms with van der Waals surface area (Å²) in [5.74, 6) is 0.456. The Bertz CT molecular complexity index is 511. The van der Waals surface area contributed by atoms with E-state index in [4.69, 9.17) is 10.6 Å². The summed E-state index contributed by atoms with van der Waals surface area (Å²) in [6.07, 6.45) is 3.03. The first-order valence-corrected chi connectivity index (χ1v) is 7.06. The molecule has 0 bridgehead atoms. The van der Waals surface area contributed by atoms with Crippen molar-refractivity contribution >= 4 is 11.7 Å². The van der Waals surface area contributed by atoms with Gasteiger partial charge in [0.2, 0.25) is 6.10 Å². The summed E-state index contributed by atoms with van der Waals surface area (Å²) in [5, 5.41) is 3.91. The van der Waals surface area contributed by atoms with Crippen molar-refractivity contribution in [3.8, 4) is 0 Å². The number of carbonyl (C=O) groups is 1. The Kier molecular flexibility index (Phi) is 3.58. The van der Waals surface area contributed by atoms with Gasteiger partial charge in [-0.25, -0.2) is 0 Å². The van der Waals surface area contributed by atoms with Crippen LogP contribution in [-0.2, 0) is 16.1 Å². The molecule has 2 N–H and O–H groups in total. The Balaban J connectivity index is 1.53. The Morgan fingerprint density at radius 1 is 1.30 bits per heavy atom. The SMILES string of the molecule is N/C(Cc1ccccc1)=N\OC1CCN(C2CC2)C1=O. The standard InChI is InChI=1S/C15H19N3O2/c16-14(10-11-4-2-1-3-5-11)17-20-13-8-9-18(15(13)19)12-6-7-12/h1-5,12-13H,6-10H2,(H2,16,17). The summed E-state index contributed by atoms with van der Waals surface area (Å²) < 4.78 is 0. The summed E-state index contributed by atoms with van der Waals surface area (Å²) in [7, 11) is 0. The van der Waals surface area contributed by atoms with Crippen molar-refractivity contribution < 1.29 is 9.63 Å². The van der Waals surface area contributed by atoms with Crippen molar-refractivity contribution in [2.45, 2.75) is 37.8 Å². The minimum absolute atomic E-state index is 0.0590. The van der Waals surface area contributed by atoms with Gasteiger partial charge in [0.1, 0.15) is 5.84 Å². The second kappa shape index (κ2) is 5.53. The van der Waals surface area contributed by atoms with E-state index in [1.165, 1.54) is 0 Å². The lowest BCUT2D eigenvalue weighted by molar-refractivity contribution is -0.137. The lowest BCUT2D eigenvalue weighted by Gasteiger charge is -2.14. The fourth-order valence-corrected chi connectivity index (χ4v) is 2.49. The van der Waals surface area contributed by atoms with Crippen molar-refractivity contribution in [1.82, 2.24) is 4.90 Å². The lowest BCUT2D eigenvalue weighted by Crippen LogP contribution is -2.32. The second-order valence-corrected chi connectivity index (χ2v) is 5.39. The molecule has 1 aromatic carbocycles. The zero-order valence-corrected chi connectivity index (χ0v) is 11.4. The summed E-state index contributed by atoms with van der Waals surface area (Å²) in [4.78, 5) is 19.3. The molecule has 1 atom stereocenters. The van der Waals surface area contributed by atoms with Crippen LogP contribution in [0.4, 0.5) is 0 Å². The van der Waals surface area contributed by atoms with Gasteiger partial charge >= 0.3 is 0 Å². The predicted octanol–water partition coefficient (Wildman–Crippen LogP) is 1.28. The van der Waals surface area contributed by atoms with Gasteiger partial charge in [-0.2, -0.15) is 0 Å². The third-order valence-corrected chi connectivity index (χ3v) is 3.70. The summed E-state index contributed by atoms with van der Waals surface area (Å²) in [5.41, 5.74) is 6.91. The number of likely N-dealkylation sites (tertiary alicyclic amines) is 1. The molecule has 1 unspecified atom stereocenters. The average molecular weight is 273 g/mol. The first-order valence-electron chi connectivity index (χ1n) is 7.06. The van der Waals surface area contributed by atoms with Gasteiger partial charge in [-0.05, 0) is 18.4 Å². The van der Waals surface area contributed by atoms with Crippen LogP contribution in [0.25, 0.3) is 0 Å². The van der Waals surface area contributed by atoms with Gasteiger partial charge in [-0.15, -0.1) is 0 Å². The van der Waals surface area contributed by atoms with E-state index in [1.54, 1.807) is 0 Å². The van der Waals surface area contributed by atoms with Crippen LogP contribution < -0.4 is 5.73 Å². The largest absolute Gasteiger partial charge is 0.384 e. The topological polar surface area (TPSA) is 67.9 Å². The number of nitrogens with two attached hydrogens (primary N) is 1. The Morgan fingerprint density at radius 2 is 2.05 bits per heavy atom. The second-order valence-electron chi connectivity index (χ2n) is 5.39. The van der Waals surface area contributed by atoms with Gasteiger partial charge in [-0.1, -0.05) is 35.5 Å². The van der Waals surface area contributed by atoms with Crippen LogP contribution in [0.1, 0.15) is 24.8 Å². The number of hydrogen-bond acceptors (Lipinski definition) is 3. The quantitative estimate of drug-likeness (QED) is 0.499. The van der Waals surface area contributed by atoms with Gasteiger partial charge < -0.3 is 15.5 Å². The van der Waals surface area contributed by atoms with Gasteiger partial charge in [0, 0.05) is 25.4 Å². The van der Waals surface area contributed by atoms with E-state index in [1.807, 2.05) is 35.2 Å². The van der Waals surface area contributed by atoms with Gasteiger partial charge in [-0.3, -0.25) is 4.79 Å². The number of benzene rings is 1. The fraction of sp³-hybridized carbons (Fsp3) is 0.467. The number of nitrogens with zero attached hydrogens (tertiary/aromatic N) is 2. The highest BCUT2D eigenvalue weighted by atomic mass is 16.6. The van der Waals surface area contributed by atoms with Crippen molar-refractivity contribution in [2.75, 3.05) is 6.54 Å². The molecule has 0 radical (unpaired) electrons. The van der Waals surface area contributed by atoms with Gasteiger partial charge in [0.05, 0.1) is 0 Å². The van der Waals surface area contributed by atoms with E-state index in [-0.39, 0.29) is 5.91 Å². The van der Waals surface area contributed by atoms with E-state index in [0.717, 1.165) is 24.9 Å². The van der Waals surface area contributed by atoms with Crippen LogP contribution in [-0.4, -0.2) is 35.3 Å². The van der Waals surface area contributed by atoms with E-state index in [2.05, 4.69) is 5.16 Å². The molecule has 1 aliphatic carbocycles. The molecule has 5 nitrogen and oxygen atoms in total. The smallest absolute Gasteiger partial charge is 0.266 e. The van der Waals surface area contributed by atoms with Crippen LogP contribution in [0.3, 0.4) is 0 Å². The molecule has 1 aromatic rings. The molecule has 1 aliphatic heterocycles. The first kappa shape index (κ1) is 13.0. The zero-order valence-electron chi connectivity index (χ0n) is 11.4. The number of amides is 1. The van der Waals surface area contributed by atoms with Crippen LogP contribution in [0.5, 0.6) is 0 Å².